The molecule has 0 bridgehead atoms. The first-order valence-corrected chi connectivity index (χ1v) is 5.16. The monoisotopic (exact) mass is 217 g/mol. The summed E-state index contributed by atoms with van der Waals surface area (Å²) in [6.45, 7) is 2.23. The van der Waals surface area contributed by atoms with Crippen LogP contribution in [0.5, 0.6) is 11.5 Å². The van der Waals surface area contributed by atoms with Crippen LogP contribution in [0.15, 0.2) is 23.8 Å². The molecule has 0 aromatic heterocycles. The Labute approximate surface area is 92.9 Å². The van der Waals surface area contributed by atoms with Crippen LogP contribution in [0.1, 0.15) is 12.5 Å². The van der Waals surface area contributed by atoms with Crippen molar-refractivity contribution in [2.24, 2.45) is 0 Å². The van der Waals surface area contributed by atoms with Crippen molar-refractivity contribution < 1.29 is 14.3 Å². The number of fused-ring (bicyclic) bond motifs is 1. The van der Waals surface area contributed by atoms with E-state index in [9.17, 15) is 4.79 Å². The molecule has 0 aliphatic carbocycles. The maximum atomic E-state index is 11.2. The topological polar surface area (TPSA) is 47.6 Å². The molecule has 1 fully saturated rings. The van der Waals surface area contributed by atoms with Crippen molar-refractivity contribution in [2.75, 3.05) is 6.79 Å². The predicted octanol–water partition coefficient (Wildman–Crippen LogP) is 1.32. The number of nitrogens with one attached hydrogen (secondary N) is 1. The molecular formula is C12H11NO3. The average molecular weight is 217 g/mol. The van der Waals surface area contributed by atoms with Gasteiger partial charge in [-0.2, -0.15) is 0 Å². The zero-order chi connectivity index (χ0) is 11.1. The van der Waals surface area contributed by atoms with Crippen molar-refractivity contribution in [1.29, 1.82) is 0 Å². The van der Waals surface area contributed by atoms with Gasteiger partial charge in [-0.15, -0.1) is 0 Å². The first kappa shape index (κ1) is 9.27. The lowest BCUT2D eigenvalue weighted by Crippen LogP contribution is -2.49. The maximum absolute atomic E-state index is 11.2. The Kier molecular flexibility index (Phi) is 1.89. The minimum Gasteiger partial charge on any atom is -0.454 e. The molecule has 1 aromatic rings. The van der Waals surface area contributed by atoms with E-state index in [4.69, 9.17) is 9.47 Å². The summed E-state index contributed by atoms with van der Waals surface area (Å²) in [5, 5.41) is 2.77. The molecule has 2 aliphatic rings. The third-order valence-corrected chi connectivity index (χ3v) is 2.80. The SMILES string of the molecule is CC1NC(=O)C1=Cc1ccc2c(c1)OCO2. The first-order chi connectivity index (χ1) is 7.74. The van der Waals surface area contributed by atoms with Gasteiger partial charge in [0, 0.05) is 5.57 Å². The molecule has 0 radical (unpaired) electrons. The van der Waals surface area contributed by atoms with E-state index in [1.165, 1.54) is 0 Å². The molecule has 1 N–H and O–H groups in total. The summed E-state index contributed by atoms with van der Waals surface area (Å²) in [6, 6.07) is 5.79. The van der Waals surface area contributed by atoms with Crippen LogP contribution in [0.2, 0.25) is 0 Å². The van der Waals surface area contributed by atoms with E-state index in [0.29, 0.717) is 0 Å². The van der Waals surface area contributed by atoms with Crippen molar-refractivity contribution in [3.63, 3.8) is 0 Å². The van der Waals surface area contributed by atoms with E-state index in [2.05, 4.69) is 5.32 Å². The second kappa shape index (κ2) is 3.27. The third kappa shape index (κ3) is 1.34. The number of rotatable bonds is 1. The van der Waals surface area contributed by atoms with Gasteiger partial charge in [0.25, 0.3) is 0 Å². The molecule has 16 heavy (non-hydrogen) atoms. The van der Waals surface area contributed by atoms with Gasteiger partial charge in [-0.1, -0.05) is 6.07 Å². The Balaban J connectivity index is 1.93. The lowest BCUT2D eigenvalue weighted by molar-refractivity contribution is -0.121. The Morgan fingerprint density at radius 2 is 2.19 bits per heavy atom. The predicted molar refractivity (Wildman–Crippen MR) is 58.1 cm³/mol. The summed E-state index contributed by atoms with van der Waals surface area (Å²) in [5.74, 6) is 1.50. The fraction of sp³-hybridized carbons (Fsp3) is 0.250. The molecule has 4 nitrogen and oxygen atoms in total. The van der Waals surface area contributed by atoms with Gasteiger partial charge in [-0.05, 0) is 30.7 Å². The highest BCUT2D eigenvalue weighted by atomic mass is 16.7. The lowest BCUT2D eigenvalue weighted by atomic mass is 9.97. The summed E-state index contributed by atoms with van der Waals surface area (Å²) in [5.41, 5.74) is 1.76. The summed E-state index contributed by atoms with van der Waals surface area (Å²) >= 11 is 0. The molecule has 0 spiro atoms. The van der Waals surface area contributed by atoms with Crippen LogP contribution in [-0.2, 0) is 4.79 Å². The third-order valence-electron chi connectivity index (χ3n) is 2.80. The van der Waals surface area contributed by atoms with E-state index >= 15 is 0 Å². The number of ether oxygens (including phenoxy) is 2. The van der Waals surface area contributed by atoms with Gasteiger partial charge < -0.3 is 14.8 Å². The second-order valence-corrected chi connectivity index (χ2v) is 3.91. The van der Waals surface area contributed by atoms with Crippen molar-refractivity contribution in [2.45, 2.75) is 13.0 Å². The maximum Gasteiger partial charge on any atom is 0.249 e. The van der Waals surface area contributed by atoms with Gasteiger partial charge in [0.05, 0.1) is 6.04 Å². The quantitative estimate of drug-likeness (QED) is 0.570. The molecule has 1 atom stereocenters. The number of carbonyl (C=O) groups excluding carboxylic acids is 1. The van der Waals surface area contributed by atoms with Gasteiger partial charge in [-0.3, -0.25) is 4.79 Å². The fourth-order valence-electron chi connectivity index (χ4n) is 1.85. The molecule has 3 rings (SSSR count). The second-order valence-electron chi connectivity index (χ2n) is 3.91. The van der Waals surface area contributed by atoms with Crippen LogP contribution in [0.25, 0.3) is 6.08 Å². The zero-order valence-electron chi connectivity index (χ0n) is 8.82. The largest absolute Gasteiger partial charge is 0.454 e. The minimum atomic E-state index is 0.00478. The van der Waals surface area contributed by atoms with Gasteiger partial charge >= 0.3 is 0 Å². The van der Waals surface area contributed by atoms with Gasteiger partial charge in [-0.25, -0.2) is 0 Å². The molecule has 1 amide bonds. The van der Waals surface area contributed by atoms with Gasteiger partial charge in [0.15, 0.2) is 11.5 Å². The fourth-order valence-corrected chi connectivity index (χ4v) is 1.85. The van der Waals surface area contributed by atoms with Crippen molar-refractivity contribution >= 4 is 12.0 Å². The van der Waals surface area contributed by atoms with Crippen molar-refractivity contribution in [1.82, 2.24) is 5.32 Å². The molecule has 4 heteroatoms. The number of benzene rings is 1. The summed E-state index contributed by atoms with van der Waals surface area (Å²) in [6.07, 6.45) is 1.88. The molecule has 2 aliphatic heterocycles. The van der Waals surface area contributed by atoms with E-state index in [1.54, 1.807) is 0 Å². The Morgan fingerprint density at radius 3 is 2.94 bits per heavy atom. The molecule has 0 saturated carbocycles. The highest BCUT2D eigenvalue weighted by Crippen LogP contribution is 2.33. The minimum absolute atomic E-state index is 0.00478. The number of hydrogen-bond acceptors (Lipinski definition) is 3. The summed E-state index contributed by atoms with van der Waals surface area (Å²) < 4.78 is 10.5. The highest BCUT2D eigenvalue weighted by Gasteiger charge is 2.28. The van der Waals surface area contributed by atoms with Crippen molar-refractivity contribution in [3.05, 3.63) is 29.3 Å². The summed E-state index contributed by atoms with van der Waals surface area (Å²) in [7, 11) is 0. The van der Waals surface area contributed by atoms with Gasteiger partial charge in [0.2, 0.25) is 12.7 Å². The lowest BCUT2D eigenvalue weighted by Gasteiger charge is -2.26. The van der Waals surface area contributed by atoms with Crippen molar-refractivity contribution in [3.8, 4) is 11.5 Å². The standard InChI is InChI=1S/C12H11NO3/c1-7-9(12(14)13-7)4-8-2-3-10-11(5-8)16-6-15-10/h2-5,7H,6H2,1H3,(H,13,14). The molecule has 1 unspecified atom stereocenters. The number of hydrogen-bond donors (Lipinski definition) is 1. The van der Waals surface area contributed by atoms with Crippen LogP contribution in [0, 0.1) is 0 Å². The number of amides is 1. The van der Waals surface area contributed by atoms with Crippen LogP contribution in [0.4, 0.5) is 0 Å². The molecule has 82 valence electrons. The zero-order valence-corrected chi connectivity index (χ0v) is 8.82. The molecule has 1 aromatic carbocycles. The van der Waals surface area contributed by atoms with Crippen LogP contribution >= 0.6 is 0 Å². The van der Waals surface area contributed by atoms with E-state index in [-0.39, 0.29) is 18.7 Å². The number of β-lactam (4-membered cyclic amide) rings is 1. The highest BCUT2D eigenvalue weighted by molar-refractivity contribution is 6.05. The normalized spacial score (nSPS) is 24.2. The Morgan fingerprint density at radius 1 is 1.38 bits per heavy atom. The Bertz CT molecular complexity index is 493. The number of carbonyl (C=O) groups is 1. The molecule has 2 heterocycles. The van der Waals surface area contributed by atoms with Crippen LogP contribution < -0.4 is 14.8 Å². The van der Waals surface area contributed by atoms with E-state index in [1.807, 2.05) is 31.2 Å². The van der Waals surface area contributed by atoms with Crippen LogP contribution in [0.3, 0.4) is 0 Å². The average Bonchev–Trinajstić information content (AvgIpc) is 2.73. The van der Waals surface area contributed by atoms with E-state index < -0.39 is 0 Å². The molecular weight excluding hydrogens is 206 g/mol. The van der Waals surface area contributed by atoms with Crippen LogP contribution in [-0.4, -0.2) is 18.7 Å². The molecule has 1 saturated heterocycles. The summed E-state index contributed by atoms with van der Waals surface area (Å²) in [4.78, 5) is 11.2. The van der Waals surface area contributed by atoms with E-state index in [0.717, 1.165) is 22.6 Å². The Hall–Kier alpha value is -1.97. The van der Waals surface area contributed by atoms with Gasteiger partial charge in [0.1, 0.15) is 0 Å². The smallest absolute Gasteiger partial charge is 0.249 e. The first-order valence-electron chi connectivity index (χ1n) is 5.16.